The molecule has 0 unspecified atom stereocenters. The Hall–Kier alpha value is -5.01. The average molecular weight is 806 g/mol. The Morgan fingerprint density at radius 1 is 0.439 bits per heavy atom. The van der Waals surface area contributed by atoms with E-state index in [0.29, 0.717) is 41.5 Å². The minimum Gasteiger partial charge on any atom is -0.455 e. The Morgan fingerprint density at radius 3 is 1.40 bits per heavy atom. The van der Waals surface area contributed by atoms with E-state index in [-0.39, 0.29) is 19.5 Å². The van der Waals surface area contributed by atoms with E-state index in [0.717, 1.165) is 77.8 Å². The van der Waals surface area contributed by atoms with Gasteiger partial charge in [0.2, 0.25) is 0 Å². The minimum absolute atomic E-state index is 0. The molecule has 3 aliphatic heterocycles. The van der Waals surface area contributed by atoms with E-state index in [1.54, 1.807) is 0 Å². The third kappa shape index (κ3) is 5.59. The largest absolute Gasteiger partial charge is 2.00 e. The summed E-state index contributed by atoms with van der Waals surface area (Å²) in [4.78, 5) is 31.1. The molecule has 57 heavy (non-hydrogen) atoms. The molecule has 0 atom stereocenters. The quantitative estimate of drug-likeness (QED) is 0.170. The Bertz CT molecular complexity index is 2850. The van der Waals surface area contributed by atoms with Gasteiger partial charge in [-0.2, -0.15) is 0 Å². The number of nitrogens with two attached hydrogens (primary N) is 1. The summed E-state index contributed by atoms with van der Waals surface area (Å²) in [5.74, 6) is 4.25. The summed E-state index contributed by atoms with van der Waals surface area (Å²) in [5.41, 5.74) is 32.3. The monoisotopic (exact) mass is 804 g/mol. The second-order valence-electron chi connectivity index (χ2n) is 16.4. The molecule has 2 N–H and O–H groups in total. The zero-order valence-corrected chi connectivity index (χ0v) is 39.6. The van der Waals surface area contributed by atoms with Crippen LogP contribution in [0.4, 0.5) is 11.6 Å². The van der Waals surface area contributed by atoms with Crippen molar-refractivity contribution in [1.29, 1.82) is 0 Å². The number of aliphatic imine (C=N–C) groups is 5. The Balaban J connectivity index is 0.00000496. The molecular formula is C48H52N8Zn. The van der Waals surface area contributed by atoms with E-state index in [1.165, 1.54) is 61.2 Å². The van der Waals surface area contributed by atoms with Gasteiger partial charge >= 0.3 is 19.5 Å². The number of nitrogens with zero attached hydrogens (tertiary/aromatic N) is 7. The van der Waals surface area contributed by atoms with Crippen molar-refractivity contribution in [1.82, 2.24) is 4.98 Å². The number of nitrogen functional groups attached to an aromatic ring is 1. The predicted molar refractivity (Wildman–Crippen MR) is 236 cm³/mol. The van der Waals surface area contributed by atoms with Crippen LogP contribution in [0.25, 0.3) is 16.1 Å². The zero-order valence-electron chi connectivity index (χ0n) is 36.6. The van der Waals surface area contributed by atoms with Crippen LogP contribution in [-0.2, 0) is 26.0 Å². The van der Waals surface area contributed by atoms with Crippen LogP contribution in [0.5, 0.6) is 0 Å². The molecule has 286 valence electrons. The Morgan fingerprint density at radius 2 is 0.860 bits per heavy atom. The van der Waals surface area contributed by atoms with E-state index < -0.39 is 0 Å². The molecule has 0 fully saturated rings. The van der Waals surface area contributed by atoms with Crippen LogP contribution in [0.1, 0.15) is 122 Å². The van der Waals surface area contributed by atoms with Crippen molar-refractivity contribution in [2.24, 2.45) is 25.0 Å². The first-order valence-corrected chi connectivity index (χ1v) is 19.6. The van der Waals surface area contributed by atoms with Gasteiger partial charge in [-0.3, -0.25) is 4.99 Å². The van der Waals surface area contributed by atoms with E-state index in [4.69, 9.17) is 41.0 Å². The molecule has 0 bridgehead atoms. The molecule has 4 aromatic carbocycles. The van der Waals surface area contributed by atoms with Crippen molar-refractivity contribution in [3.05, 3.63) is 128 Å². The summed E-state index contributed by atoms with van der Waals surface area (Å²) in [7, 11) is 0. The normalized spacial score (nSPS) is 16.4. The molecule has 4 heterocycles. The number of amidine groups is 5. The molecule has 0 radical (unpaired) electrons. The summed E-state index contributed by atoms with van der Waals surface area (Å²) < 4.78 is 0. The fraction of sp³-hybridized carbons (Fsp3) is 0.354. The van der Waals surface area contributed by atoms with Crippen molar-refractivity contribution in [3.63, 3.8) is 0 Å². The number of rotatable bonds is 1. The number of hydrogen-bond donors (Lipinski definition) is 1. The van der Waals surface area contributed by atoms with E-state index in [2.05, 4.69) is 111 Å². The minimum atomic E-state index is 0. The molecule has 8 nitrogen and oxygen atoms in total. The van der Waals surface area contributed by atoms with Crippen LogP contribution >= 0.6 is 0 Å². The van der Waals surface area contributed by atoms with Crippen molar-refractivity contribution in [2.75, 3.05) is 5.73 Å². The fourth-order valence-corrected chi connectivity index (χ4v) is 9.23. The third-order valence-corrected chi connectivity index (χ3v) is 14.1. The molecule has 0 aliphatic carbocycles. The number of aromatic nitrogens is 1. The first kappa shape index (κ1) is 40.2. The summed E-state index contributed by atoms with van der Waals surface area (Å²) in [6.07, 6.45) is 0. The van der Waals surface area contributed by atoms with Gasteiger partial charge in [0.05, 0.1) is 24.1 Å². The predicted octanol–water partition coefficient (Wildman–Crippen LogP) is 10.7. The van der Waals surface area contributed by atoms with Gasteiger partial charge in [0.1, 0.15) is 0 Å². The Labute approximate surface area is 350 Å². The molecular weight excluding hydrogens is 754 g/mol. The van der Waals surface area contributed by atoms with Crippen molar-refractivity contribution in [2.45, 2.75) is 117 Å². The van der Waals surface area contributed by atoms with Gasteiger partial charge in [0.15, 0.2) is 0 Å². The maximum atomic E-state index is 6.62. The average Bonchev–Trinajstić information content (AvgIpc) is 3.93. The van der Waals surface area contributed by atoms with Crippen LogP contribution in [0, 0.1) is 111 Å². The summed E-state index contributed by atoms with van der Waals surface area (Å²) in [5, 5.41) is 7.23. The summed E-state index contributed by atoms with van der Waals surface area (Å²) >= 11 is 0. The molecule has 1 aromatic heterocycles. The van der Waals surface area contributed by atoms with Gasteiger partial charge in [0.25, 0.3) is 0 Å². The van der Waals surface area contributed by atoms with Crippen LogP contribution in [0.2, 0.25) is 0 Å². The maximum Gasteiger partial charge on any atom is 2.00 e. The van der Waals surface area contributed by atoms with Gasteiger partial charge in [-0.15, -0.1) is 0 Å². The standard InChI is InChI=1S/C48H52N8.Zn/c1-18-19(2)27(10)35-34(26(18)9)17-50-43(35)52-45-38-30(13)22(5)23(6)31(14)39(38)47(54-45)56-48-41-33(16)25(8)24(7)32(15)40(41)46(55-48)53-44-37-29(12)21(4)20(3)28(11)36(37)42(49)51-44;/h17,49H2,1-16H3;/q-2;+2. The van der Waals surface area contributed by atoms with Crippen LogP contribution in [0.15, 0.2) is 25.0 Å². The van der Waals surface area contributed by atoms with Crippen molar-refractivity contribution >= 4 is 51.6 Å². The summed E-state index contributed by atoms with van der Waals surface area (Å²) in [6.45, 7) is 35.3. The van der Waals surface area contributed by atoms with E-state index in [9.17, 15) is 0 Å². The molecule has 0 saturated carbocycles. The molecule has 0 amide bonds. The second-order valence-corrected chi connectivity index (χ2v) is 16.4. The smallest absolute Gasteiger partial charge is 0.455 e. The molecule has 0 saturated heterocycles. The zero-order chi connectivity index (χ0) is 40.6. The van der Waals surface area contributed by atoms with Gasteiger partial charge in [-0.05, 0) is 227 Å². The number of anilines is 1. The van der Waals surface area contributed by atoms with Gasteiger partial charge in [-0.25, -0.2) is 4.99 Å². The van der Waals surface area contributed by atoms with E-state index in [1.807, 2.05) is 0 Å². The van der Waals surface area contributed by atoms with Gasteiger partial charge < -0.3 is 31.0 Å². The molecule has 5 aromatic rings. The van der Waals surface area contributed by atoms with Crippen LogP contribution in [0.3, 0.4) is 0 Å². The van der Waals surface area contributed by atoms with Crippen LogP contribution < -0.4 is 10.7 Å². The maximum absolute atomic E-state index is 6.62. The van der Waals surface area contributed by atoms with Crippen molar-refractivity contribution in [3.8, 4) is 0 Å². The van der Waals surface area contributed by atoms with Gasteiger partial charge in [0, 0.05) is 40.0 Å². The molecule has 3 aliphatic rings. The van der Waals surface area contributed by atoms with E-state index >= 15 is 0 Å². The Kier molecular flexibility index (Phi) is 9.75. The SMILES string of the molecule is Cc1c(C)c(C)c2c(c1C)CN=C2N=C1[N-]C(=NC2=N/C(=N\c3[n-]c(N)c4c(C)c(C)c(C)c(C)c34)c3c(C)c(C)c(C)c(C)c32)c2c(C)c(C)c(C)c(C)c21.[Zn+2]. The number of benzene rings is 4. The summed E-state index contributed by atoms with van der Waals surface area (Å²) in [6, 6.07) is 0. The second kappa shape index (κ2) is 13.8. The fourth-order valence-electron chi connectivity index (χ4n) is 9.23. The van der Waals surface area contributed by atoms with Crippen molar-refractivity contribution < 1.29 is 19.5 Å². The molecule has 9 heteroatoms. The third-order valence-electron chi connectivity index (χ3n) is 14.1. The first-order valence-electron chi connectivity index (χ1n) is 19.6. The number of aryl methyl sites for hydroxylation is 2. The number of hydrogen-bond acceptors (Lipinski definition) is 5. The number of fused-ring (bicyclic) bond motifs is 4. The first-order chi connectivity index (χ1) is 26.4. The molecule has 8 rings (SSSR count). The molecule has 0 spiro atoms. The van der Waals surface area contributed by atoms with Crippen LogP contribution in [-0.4, -0.2) is 29.2 Å². The van der Waals surface area contributed by atoms with Gasteiger partial charge in [-0.1, -0.05) is 0 Å². The topological polar surface area (TPSA) is 116 Å².